The van der Waals surface area contributed by atoms with Gasteiger partial charge in [0, 0.05) is 23.7 Å². The Morgan fingerprint density at radius 3 is 2.38 bits per heavy atom. The number of carbonyl (C=O) groups excluding carboxylic acids is 2. The molecule has 0 spiro atoms. The Morgan fingerprint density at radius 2 is 1.79 bits per heavy atom. The normalized spacial score (nSPS) is 10.4. The second-order valence-corrected chi connectivity index (χ2v) is 5.72. The molecule has 0 atom stereocenters. The van der Waals surface area contributed by atoms with Gasteiger partial charge in [0.15, 0.2) is 11.6 Å². The van der Waals surface area contributed by atoms with Crippen molar-refractivity contribution in [2.45, 2.75) is 6.92 Å². The predicted octanol–water partition coefficient (Wildman–Crippen LogP) is 4.26. The lowest BCUT2D eigenvalue weighted by atomic mass is 10.2. The van der Waals surface area contributed by atoms with Gasteiger partial charge in [-0.1, -0.05) is 23.2 Å². The van der Waals surface area contributed by atoms with Crippen LogP contribution < -0.4 is 10.2 Å². The highest BCUT2D eigenvalue weighted by atomic mass is 35.5. The molecule has 0 aliphatic carbocycles. The fraction of sp³-hybridized carbons (Fsp3) is 0.125. The maximum atomic E-state index is 13.3. The largest absolute Gasteiger partial charge is 0.323 e. The molecule has 0 radical (unpaired) electrons. The van der Waals surface area contributed by atoms with Crippen molar-refractivity contribution < 1.29 is 18.4 Å². The monoisotopic (exact) mass is 372 g/mol. The fourth-order valence-electron chi connectivity index (χ4n) is 1.96. The minimum Gasteiger partial charge on any atom is -0.323 e. The molecule has 8 heteroatoms. The third kappa shape index (κ3) is 4.43. The Morgan fingerprint density at radius 1 is 1.08 bits per heavy atom. The Kier molecular flexibility index (Phi) is 5.75. The van der Waals surface area contributed by atoms with Gasteiger partial charge in [0.25, 0.3) is 0 Å². The standard InChI is InChI=1S/C16H12Cl2F2N2O2/c1-9(23)22(11-3-4-13(19)14(20)7-11)8-16(24)21-15-5-2-10(17)6-12(15)18/h2-7H,8H2,1H3,(H,21,24). The lowest BCUT2D eigenvalue weighted by molar-refractivity contribution is -0.120. The first kappa shape index (κ1) is 18.2. The van der Waals surface area contributed by atoms with E-state index in [0.717, 1.165) is 17.0 Å². The summed E-state index contributed by atoms with van der Waals surface area (Å²) in [4.78, 5) is 24.9. The molecule has 24 heavy (non-hydrogen) atoms. The molecule has 1 N–H and O–H groups in total. The van der Waals surface area contributed by atoms with Crippen molar-refractivity contribution in [3.63, 3.8) is 0 Å². The van der Waals surface area contributed by atoms with Gasteiger partial charge in [-0.15, -0.1) is 0 Å². The maximum Gasteiger partial charge on any atom is 0.244 e. The Hall–Kier alpha value is -2.18. The van der Waals surface area contributed by atoms with Crippen LogP contribution in [0.3, 0.4) is 0 Å². The van der Waals surface area contributed by atoms with Crippen molar-refractivity contribution in [3.05, 3.63) is 58.1 Å². The summed E-state index contributed by atoms with van der Waals surface area (Å²) in [5.74, 6) is -3.21. The highest BCUT2D eigenvalue weighted by molar-refractivity contribution is 6.36. The van der Waals surface area contributed by atoms with Gasteiger partial charge in [-0.3, -0.25) is 9.59 Å². The van der Waals surface area contributed by atoms with Crippen LogP contribution in [0.1, 0.15) is 6.92 Å². The second-order valence-electron chi connectivity index (χ2n) is 4.88. The van der Waals surface area contributed by atoms with Crippen LogP contribution in [0.2, 0.25) is 10.0 Å². The van der Waals surface area contributed by atoms with Gasteiger partial charge in [-0.25, -0.2) is 8.78 Å². The van der Waals surface area contributed by atoms with Crippen LogP contribution in [0, 0.1) is 11.6 Å². The number of anilines is 2. The first-order chi connectivity index (χ1) is 11.3. The third-order valence-electron chi connectivity index (χ3n) is 3.10. The smallest absolute Gasteiger partial charge is 0.244 e. The average molecular weight is 373 g/mol. The van der Waals surface area contributed by atoms with E-state index >= 15 is 0 Å². The van der Waals surface area contributed by atoms with E-state index in [0.29, 0.717) is 10.7 Å². The van der Waals surface area contributed by atoms with Crippen LogP contribution in [0.4, 0.5) is 20.2 Å². The first-order valence-electron chi connectivity index (χ1n) is 6.76. The van der Waals surface area contributed by atoms with Crippen LogP contribution in [-0.4, -0.2) is 18.4 Å². The van der Waals surface area contributed by atoms with Crippen LogP contribution in [0.15, 0.2) is 36.4 Å². The quantitative estimate of drug-likeness (QED) is 0.871. The zero-order valence-corrected chi connectivity index (χ0v) is 14.0. The van der Waals surface area contributed by atoms with E-state index in [-0.39, 0.29) is 17.3 Å². The minimum absolute atomic E-state index is 0.0683. The number of amides is 2. The van der Waals surface area contributed by atoms with E-state index in [1.807, 2.05) is 0 Å². The molecule has 0 saturated heterocycles. The fourth-order valence-corrected chi connectivity index (χ4v) is 2.42. The molecule has 2 aromatic carbocycles. The van der Waals surface area contributed by atoms with Gasteiger partial charge in [0.2, 0.25) is 11.8 Å². The van der Waals surface area contributed by atoms with Crippen LogP contribution in [-0.2, 0) is 9.59 Å². The number of carbonyl (C=O) groups is 2. The molecule has 0 fully saturated rings. The van der Waals surface area contributed by atoms with Gasteiger partial charge in [-0.05, 0) is 30.3 Å². The van der Waals surface area contributed by atoms with E-state index in [2.05, 4.69) is 5.32 Å². The van der Waals surface area contributed by atoms with Gasteiger partial charge in [-0.2, -0.15) is 0 Å². The van der Waals surface area contributed by atoms with E-state index in [1.54, 1.807) is 6.07 Å². The number of hydrogen-bond acceptors (Lipinski definition) is 2. The first-order valence-corrected chi connectivity index (χ1v) is 7.51. The molecule has 0 heterocycles. The van der Waals surface area contributed by atoms with Gasteiger partial charge in [0.1, 0.15) is 6.54 Å². The number of nitrogens with zero attached hydrogens (tertiary/aromatic N) is 1. The van der Waals surface area contributed by atoms with Gasteiger partial charge >= 0.3 is 0 Å². The van der Waals surface area contributed by atoms with E-state index in [9.17, 15) is 18.4 Å². The van der Waals surface area contributed by atoms with E-state index in [1.165, 1.54) is 25.1 Å². The zero-order valence-electron chi connectivity index (χ0n) is 12.4. The summed E-state index contributed by atoms with van der Waals surface area (Å²) in [5, 5.41) is 3.17. The molecule has 2 aromatic rings. The molecule has 0 bridgehead atoms. The molecule has 0 aliphatic rings. The molecular weight excluding hydrogens is 361 g/mol. The Bertz CT molecular complexity index is 800. The minimum atomic E-state index is -1.11. The number of benzene rings is 2. The van der Waals surface area contributed by atoms with Gasteiger partial charge in [0.05, 0.1) is 10.7 Å². The summed E-state index contributed by atoms with van der Waals surface area (Å²) in [7, 11) is 0. The summed E-state index contributed by atoms with van der Waals surface area (Å²) < 4.78 is 26.3. The summed E-state index contributed by atoms with van der Waals surface area (Å²) >= 11 is 11.7. The number of rotatable bonds is 4. The number of nitrogens with one attached hydrogen (secondary N) is 1. The summed E-state index contributed by atoms with van der Waals surface area (Å²) in [6, 6.07) is 7.45. The van der Waals surface area contributed by atoms with Crippen molar-refractivity contribution in [2.75, 3.05) is 16.8 Å². The van der Waals surface area contributed by atoms with Crippen molar-refractivity contribution >= 4 is 46.4 Å². The summed E-state index contributed by atoms with van der Waals surface area (Å²) in [6.45, 7) is 0.823. The third-order valence-corrected chi connectivity index (χ3v) is 3.65. The lowest BCUT2D eigenvalue weighted by Crippen LogP contribution is -2.36. The van der Waals surface area contributed by atoms with Crippen molar-refractivity contribution in [1.82, 2.24) is 0 Å². The summed E-state index contributed by atoms with van der Waals surface area (Å²) in [5.41, 5.74) is 0.388. The van der Waals surface area contributed by atoms with E-state index < -0.39 is 23.4 Å². The molecule has 126 valence electrons. The highest BCUT2D eigenvalue weighted by Crippen LogP contribution is 2.25. The molecular formula is C16H12Cl2F2N2O2. The van der Waals surface area contributed by atoms with Crippen molar-refractivity contribution in [2.24, 2.45) is 0 Å². The molecule has 0 unspecified atom stereocenters. The molecule has 0 aliphatic heterocycles. The summed E-state index contributed by atoms with van der Waals surface area (Å²) in [6.07, 6.45) is 0. The highest BCUT2D eigenvalue weighted by Gasteiger charge is 2.18. The van der Waals surface area contributed by atoms with E-state index in [4.69, 9.17) is 23.2 Å². The van der Waals surface area contributed by atoms with Gasteiger partial charge < -0.3 is 10.2 Å². The Balaban J connectivity index is 2.16. The SMILES string of the molecule is CC(=O)N(CC(=O)Nc1ccc(Cl)cc1Cl)c1ccc(F)c(F)c1. The average Bonchev–Trinajstić information content (AvgIpc) is 2.50. The van der Waals surface area contributed by atoms with Crippen molar-refractivity contribution in [1.29, 1.82) is 0 Å². The number of hydrogen-bond donors (Lipinski definition) is 1. The molecule has 2 amide bonds. The Labute approximate surface area is 147 Å². The van der Waals surface area contributed by atoms with Crippen LogP contribution in [0.5, 0.6) is 0 Å². The second kappa shape index (κ2) is 7.59. The molecule has 2 rings (SSSR count). The molecule has 0 aromatic heterocycles. The lowest BCUT2D eigenvalue weighted by Gasteiger charge is -2.21. The zero-order chi connectivity index (χ0) is 17.9. The van der Waals surface area contributed by atoms with Crippen molar-refractivity contribution in [3.8, 4) is 0 Å². The topological polar surface area (TPSA) is 49.4 Å². The predicted molar refractivity (Wildman–Crippen MR) is 89.5 cm³/mol. The van der Waals surface area contributed by atoms with Crippen LogP contribution >= 0.6 is 23.2 Å². The number of halogens is 4. The molecule has 0 saturated carbocycles. The molecule has 4 nitrogen and oxygen atoms in total. The maximum absolute atomic E-state index is 13.3. The van der Waals surface area contributed by atoms with Crippen LogP contribution in [0.25, 0.3) is 0 Å².